The van der Waals surface area contributed by atoms with E-state index in [1.165, 1.54) is 12.8 Å². The molecule has 0 amide bonds. The van der Waals surface area contributed by atoms with Gasteiger partial charge in [0.05, 0.1) is 28.7 Å². The van der Waals surface area contributed by atoms with E-state index >= 15 is 0 Å². The van der Waals surface area contributed by atoms with Gasteiger partial charge in [-0.3, -0.25) is 9.78 Å². The Morgan fingerprint density at radius 1 is 1.27 bits per heavy atom. The lowest BCUT2D eigenvalue weighted by Gasteiger charge is -2.17. The zero-order valence-corrected chi connectivity index (χ0v) is 20.1. The van der Waals surface area contributed by atoms with Crippen molar-refractivity contribution in [3.8, 4) is 28.8 Å². The lowest BCUT2D eigenvalue weighted by Crippen LogP contribution is -2.16. The van der Waals surface area contributed by atoms with E-state index in [9.17, 15) is 10.1 Å². The molecule has 1 aliphatic carbocycles. The van der Waals surface area contributed by atoms with Crippen LogP contribution < -0.4 is 20.5 Å². The van der Waals surface area contributed by atoms with E-state index in [1.54, 1.807) is 25.5 Å². The zero-order chi connectivity index (χ0) is 23.2. The van der Waals surface area contributed by atoms with Crippen molar-refractivity contribution >= 4 is 34.8 Å². The number of benzene rings is 2. The topological polar surface area (TPSA) is 112 Å². The van der Waals surface area contributed by atoms with Crippen LogP contribution >= 0.6 is 22.6 Å². The van der Waals surface area contributed by atoms with Crippen LogP contribution in [0.5, 0.6) is 11.5 Å². The molecule has 2 N–H and O–H groups in total. The van der Waals surface area contributed by atoms with Crippen molar-refractivity contribution in [1.82, 2.24) is 9.97 Å². The summed E-state index contributed by atoms with van der Waals surface area (Å²) in [4.78, 5) is 19.3. The Kier molecular flexibility index (Phi) is 7.24. The predicted octanol–water partition coefficient (Wildman–Crippen LogP) is 4.69. The number of nitrogens with one attached hydrogen (secondary N) is 2. The quantitative estimate of drug-likeness (QED) is 0.249. The van der Waals surface area contributed by atoms with Gasteiger partial charge in [0.25, 0.3) is 5.56 Å². The molecule has 0 unspecified atom stereocenters. The second-order valence-electron chi connectivity index (χ2n) is 7.54. The molecule has 9 heteroatoms. The minimum Gasteiger partial charge on any atom is -0.493 e. The van der Waals surface area contributed by atoms with E-state index in [4.69, 9.17) is 9.47 Å². The lowest BCUT2D eigenvalue weighted by molar-refractivity contribution is 0.199. The van der Waals surface area contributed by atoms with Gasteiger partial charge in [0, 0.05) is 5.56 Å². The molecule has 3 aromatic rings. The number of aromatic nitrogens is 2. The molecule has 1 saturated carbocycles. The number of anilines is 1. The van der Waals surface area contributed by atoms with Gasteiger partial charge in [-0.1, -0.05) is 30.3 Å². The van der Waals surface area contributed by atoms with Gasteiger partial charge >= 0.3 is 0 Å². The monoisotopic (exact) mass is 555 g/mol. The summed E-state index contributed by atoms with van der Waals surface area (Å²) in [6, 6.07) is 14.8. The van der Waals surface area contributed by atoms with Crippen molar-refractivity contribution < 1.29 is 9.47 Å². The first-order chi connectivity index (χ1) is 16.1. The van der Waals surface area contributed by atoms with Crippen LogP contribution in [0.1, 0.15) is 36.8 Å². The number of aromatic amines is 1. The predicted molar refractivity (Wildman–Crippen MR) is 135 cm³/mol. The molecule has 0 saturated heterocycles. The van der Waals surface area contributed by atoms with E-state index in [2.05, 4.69) is 43.1 Å². The average molecular weight is 555 g/mol. The molecule has 1 aromatic heterocycles. The molecule has 1 heterocycles. The highest BCUT2D eigenvalue weighted by Gasteiger charge is 2.20. The Hall–Kier alpha value is -3.39. The highest BCUT2D eigenvalue weighted by molar-refractivity contribution is 14.1. The fourth-order valence-electron chi connectivity index (χ4n) is 3.70. The average Bonchev–Trinajstić information content (AvgIpc) is 3.34. The number of nitrogens with zero attached hydrogens (tertiary/aromatic N) is 3. The van der Waals surface area contributed by atoms with Crippen LogP contribution in [-0.4, -0.2) is 29.4 Å². The van der Waals surface area contributed by atoms with Crippen LogP contribution in [0, 0.1) is 14.9 Å². The van der Waals surface area contributed by atoms with Crippen molar-refractivity contribution in [1.29, 1.82) is 5.26 Å². The summed E-state index contributed by atoms with van der Waals surface area (Å²) in [7, 11) is 1.61. The maximum absolute atomic E-state index is 12.4. The summed E-state index contributed by atoms with van der Waals surface area (Å²) in [5, 5.41) is 13.6. The third-order valence-electron chi connectivity index (χ3n) is 5.30. The number of ether oxygens (including phenoxy) is 2. The largest absolute Gasteiger partial charge is 0.493 e. The molecular formula is C24H22IN5O3. The van der Waals surface area contributed by atoms with Crippen molar-refractivity contribution in [3.05, 3.63) is 67.5 Å². The highest BCUT2D eigenvalue weighted by atomic mass is 127. The third-order valence-corrected chi connectivity index (χ3v) is 6.10. The fourth-order valence-corrected chi connectivity index (χ4v) is 4.46. The maximum Gasteiger partial charge on any atom is 0.270 e. The van der Waals surface area contributed by atoms with Crippen LogP contribution in [0.15, 0.2) is 52.4 Å². The smallest absolute Gasteiger partial charge is 0.270 e. The summed E-state index contributed by atoms with van der Waals surface area (Å²) in [6.07, 6.45) is 6.34. The first kappa shape index (κ1) is 22.8. The minimum absolute atomic E-state index is 0.0483. The first-order valence-electron chi connectivity index (χ1n) is 10.5. The summed E-state index contributed by atoms with van der Waals surface area (Å²) < 4.78 is 12.7. The van der Waals surface area contributed by atoms with Gasteiger partial charge in [0.1, 0.15) is 11.6 Å². The second-order valence-corrected chi connectivity index (χ2v) is 8.71. The highest BCUT2D eigenvalue weighted by Crippen LogP contribution is 2.36. The molecule has 0 bridgehead atoms. The molecule has 8 nitrogen and oxygen atoms in total. The summed E-state index contributed by atoms with van der Waals surface area (Å²) in [6.45, 7) is 0. The van der Waals surface area contributed by atoms with Crippen LogP contribution in [0.2, 0.25) is 0 Å². The molecule has 0 aliphatic heterocycles. The van der Waals surface area contributed by atoms with Crippen molar-refractivity contribution in [2.75, 3.05) is 12.5 Å². The van der Waals surface area contributed by atoms with E-state index < -0.39 is 5.56 Å². The number of methoxy groups -OCH3 is 1. The van der Waals surface area contributed by atoms with Crippen LogP contribution in [-0.2, 0) is 0 Å². The van der Waals surface area contributed by atoms with Crippen molar-refractivity contribution in [2.24, 2.45) is 5.10 Å². The molecule has 2 aromatic carbocycles. The Balaban J connectivity index is 1.56. The Morgan fingerprint density at radius 3 is 2.73 bits per heavy atom. The first-order valence-corrected chi connectivity index (χ1v) is 11.6. The molecule has 33 heavy (non-hydrogen) atoms. The molecule has 0 atom stereocenters. The number of hydrazone groups is 1. The SMILES string of the molecule is COc1cc(C=NNc2nc(-c3ccccc3)c(C#N)c(=O)[nH]2)cc(I)c1OC1CCCC1. The summed E-state index contributed by atoms with van der Waals surface area (Å²) >= 11 is 2.23. The number of H-pyrrole nitrogens is 1. The maximum atomic E-state index is 12.4. The van der Waals surface area contributed by atoms with E-state index in [-0.39, 0.29) is 17.6 Å². The number of rotatable bonds is 7. The van der Waals surface area contributed by atoms with E-state index in [0.29, 0.717) is 17.0 Å². The Labute approximate surface area is 204 Å². The number of hydrogen-bond acceptors (Lipinski definition) is 7. The summed E-state index contributed by atoms with van der Waals surface area (Å²) in [5.41, 5.74) is 3.92. The minimum atomic E-state index is -0.534. The number of hydrogen-bond donors (Lipinski definition) is 2. The van der Waals surface area contributed by atoms with Gasteiger partial charge in [-0.25, -0.2) is 10.4 Å². The second kappa shape index (κ2) is 10.5. The normalized spacial score (nSPS) is 13.7. The molecule has 168 valence electrons. The van der Waals surface area contributed by atoms with Crippen LogP contribution in [0.25, 0.3) is 11.3 Å². The third kappa shape index (κ3) is 5.34. The zero-order valence-electron chi connectivity index (χ0n) is 18.0. The van der Waals surface area contributed by atoms with Crippen LogP contribution in [0.4, 0.5) is 5.95 Å². The molecule has 0 spiro atoms. The van der Waals surface area contributed by atoms with E-state index in [0.717, 1.165) is 27.7 Å². The molecular weight excluding hydrogens is 533 g/mol. The number of nitriles is 1. The van der Waals surface area contributed by atoms with Gasteiger partial charge in [-0.05, 0) is 66.0 Å². The van der Waals surface area contributed by atoms with Gasteiger partial charge in [-0.15, -0.1) is 0 Å². The molecule has 1 aliphatic rings. The van der Waals surface area contributed by atoms with Gasteiger partial charge in [0.15, 0.2) is 11.5 Å². The van der Waals surface area contributed by atoms with Crippen molar-refractivity contribution in [2.45, 2.75) is 31.8 Å². The Morgan fingerprint density at radius 2 is 2.03 bits per heavy atom. The number of halogens is 1. The standard InChI is InChI=1S/C24H22IN5O3/c1-32-20-12-15(11-19(25)22(20)33-17-9-5-6-10-17)14-27-30-24-28-21(16-7-3-2-4-8-16)18(13-26)23(31)29-24/h2-4,7-8,11-12,14,17H,5-6,9-10H2,1H3,(H2,28,29,30,31). The van der Waals surface area contributed by atoms with Gasteiger partial charge in [0.2, 0.25) is 5.95 Å². The molecule has 0 radical (unpaired) electrons. The summed E-state index contributed by atoms with van der Waals surface area (Å²) in [5.74, 6) is 1.53. The van der Waals surface area contributed by atoms with Gasteiger partial charge in [-0.2, -0.15) is 10.4 Å². The fraction of sp³-hybridized carbons (Fsp3) is 0.250. The van der Waals surface area contributed by atoms with Crippen LogP contribution in [0.3, 0.4) is 0 Å². The lowest BCUT2D eigenvalue weighted by atomic mass is 10.1. The molecule has 4 rings (SSSR count). The van der Waals surface area contributed by atoms with Crippen molar-refractivity contribution in [3.63, 3.8) is 0 Å². The van der Waals surface area contributed by atoms with E-state index in [1.807, 2.05) is 36.4 Å². The van der Waals surface area contributed by atoms with Gasteiger partial charge < -0.3 is 9.47 Å². The molecule has 1 fully saturated rings. The Bertz CT molecular complexity index is 1260.